The molecule has 1 aromatic rings. The molecule has 0 fully saturated rings. The maximum atomic E-state index is 11.2. The van der Waals surface area contributed by atoms with E-state index in [1.165, 1.54) is 6.92 Å². The molecule has 0 aliphatic rings. The van der Waals surface area contributed by atoms with E-state index in [4.69, 9.17) is 0 Å². The van der Waals surface area contributed by atoms with E-state index in [1.807, 2.05) is 18.2 Å². The van der Waals surface area contributed by atoms with E-state index in [0.717, 1.165) is 37.1 Å². The van der Waals surface area contributed by atoms with Crippen LogP contribution in [0.2, 0.25) is 0 Å². The fourth-order valence-electron chi connectivity index (χ4n) is 2.76. The van der Waals surface area contributed by atoms with Crippen LogP contribution >= 0.6 is 0 Å². The highest BCUT2D eigenvalue weighted by atomic mass is 16.3. The second-order valence-electron chi connectivity index (χ2n) is 6.09. The van der Waals surface area contributed by atoms with Crippen LogP contribution in [0.5, 0.6) is 0 Å². The third kappa shape index (κ3) is 5.43. The summed E-state index contributed by atoms with van der Waals surface area (Å²) in [5, 5.41) is 15.7. The molecule has 0 radical (unpaired) electrons. The molecule has 1 unspecified atom stereocenters. The van der Waals surface area contributed by atoms with Crippen LogP contribution < -0.4 is 10.6 Å². The van der Waals surface area contributed by atoms with Crippen molar-refractivity contribution in [3.8, 4) is 0 Å². The number of carbonyl (C=O) groups excluding carboxylic acids is 1. The Balaban J connectivity index is 2.71. The summed E-state index contributed by atoms with van der Waals surface area (Å²) in [6.07, 6.45) is 2.93. The maximum absolute atomic E-state index is 11.2. The largest absolute Gasteiger partial charge is 0.396 e. The monoisotopic (exact) mass is 306 g/mol. The van der Waals surface area contributed by atoms with E-state index in [0.29, 0.717) is 0 Å². The normalized spacial score (nSPS) is 13.0. The molecule has 4 heteroatoms. The Hall–Kier alpha value is -1.39. The van der Waals surface area contributed by atoms with Gasteiger partial charge in [0.05, 0.1) is 0 Å². The number of anilines is 1. The number of hydrogen-bond acceptors (Lipinski definition) is 3. The van der Waals surface area contributed by atoms with E-state index in [1.54, 1.807) is 0 Å². The van der Waals surface area contributed by atoms with Crippen molar-refractivity contribution in [1.29, 1.82) is 0 Å². The first-order valence-corrected chi connectivity index (χ1v) is 8.18. The van der Waals surface area contributed by atoms with Gasteiger partial charge in [-0.25, -0.2) is 0 Å². The van der Waals surface area contributed by atoms with Crippen molar-refractivity contribution in [2.75, 3.05) is 18.5 Å². The Morgan fingerprint density at radius 1 is 1.32 bits per heavy atom. The van der Waals surface area contributed by atoms with Gasteiger partial charge in [0.2, 0.25) is 5.91 Å². The Bertz CT molecular complexity index is 470. The van der Waals surface area contributed by atoms with Gasteiger partial charge in [0.1, 0.15) is 0 Å². The number of nitrogens with one attached hydrogen (secondary N) is 2. The number of carbonyl (C=O) groups is 1. The summed E-state index contributed by atoms with van der Waals surface area (Å²) >= 11 is 0. The van der Waals surface area contributed by atoms with E-state index < -0.39 is 0 Å². The standard InChI is InChI=1S/C18H30N2O2/c1-5-18(6-2,10-11-21)13-19-14(3)16-8-7-9-17(12-16)20-15(4)22/h7-9,12,14,19,21H,5-6,10-11,13H2,1-4H3,(H,20,22). The molecule has 22 heavy (non-hydrogen) atoms. The zero-order valence-electron chi connectivity index (χ0n) is 14.3. The van der Waals surface area contributed by atoms with Crippen LogP contribution in [0.1, 0.15) is 58.6 Å². The molecule has 124 valence electrons. The molecule has 0 saturated carbocycles. The molecule has 0 aliphatic carbocycles. The van der Waals surface area contributed by atoms with Crippen LogP contribution in [-0.4, -0.2) is 24.2 Å². The van der Waals surface area contributed by atoms with Crippen molar-refractivity contribution < 1.29 is 9.90 Å². The predicted octanol–water partition coefficient (Wildman–Crippen LogP) is 3.48. The topological polar surface area (TPSA) is 61.4 Å². The van der Waals surface area contributed by atoms with E-state index in [2.05, 4.69) is 37.5 Å². The number of hydrogen-bond donors (Lipinski definition) is 3. The van der Waals surface area contributed by atoms with Crippen LogP contribution in [0.15, 0.2) is 24.3 Å². The van der Waals surface area contributed by atoms with Crippen molar-refractivity contribution >= 4 is 11.6 Å². The average molecular weight is 306 g/mol. The Morgan fingerprint density at radius 3 is 2.55 bits per heavy atom. The van der Waals surface area contributed by atoms with Crippen LogP contribution in [0.3, 0.4) is 0 Å². The highest BCUT2D eigenvalue weighted by Crippen LogP contribution is 2.30. The van der Waals surface area contributed by atoms with Gasteiger partial charge in [0.15, 0.2) is 0 Å². The minimum atomic E-state index is -0.0586. The second-order valence-corrected chi connectivity index (χ2v) is 6.09. The highest BCUT2D eigenvalue weighted by molar-refractivity contribution is 5.88. The first-order valence-electron chi connectivity index (χ1n) is 8.18. The molecule has 1 atom stereocenters. The average Bonchev–Trinajstić information content (AvgIpc) is 2.51. The fourth-order valence-corrected chi connectivity index (χ4v) is 2.76. The summed E-state index contributed by atoms with van der Waals surface area (Å²) in [7, 11) is 0. The van der Waals surface area contributed by atoms with Crippen molar-refractivity contribution in [2.24, 2.45) is 5.41 Å². The third-order valence-electron chi connectivity index (χ3n) is 4.63. The quantitative estimate of drug-likeness (QED) is 0.654. The van der Waals surface area contributed by atoms with Crippen LogP contribution in [0.25, 0.3) is 0 Å². The smallest absolute Gasteiger partial charge is 0.221 e. The van der Waals surface area contributed by atoms with Crippen molar-refractivity contribution in [3.63, 3.8) is 0 Å². The van der Waals surface area contributed by atoms with Crippen LogP contribution in [0.4, 0.5) is 5.69 Å². The molecule has 0 heterocycles. The van der Waals surface area contributed by atoms with Gasteiger partial charge in [0.25, 0.3) is 0 Å². The molecule has 0 aromatic heterocycles. The summed E-state index contributed by atoms with van der Waals surface area (Å²) in [4.78, 5) is 11.2. The van der Waals surface area contributed by atoms with Gasteiger partial charge < -0.3 is 15.7 Å². The molecule has 3 N–H and O–H groups in total. The summed E-state index contributed by atoms with van der Waals surface area (Å²) in [5.41, 5.74) is 2.13. The van der Waals surface area contributed by atoms with Crippen molar-refractivity contribution in [2.45, 2.75) is 53.0 Å². The van der Waals surface area contributed by atoms with Gasteiger partial charge in [-0.05, 0) is 49.3 Å². The van der Waals surface area contributed by atoms with Crippen molar-refractivity contribution in [1.82, 2.24) is 5.32 Å². The lowest BCUT2D eigenvalue weighted by Gasteiger charge is -2.33. The molecule has 4 nitrogen and oxygen atoms in total. The highest BCUT2D eigenvalue weighted by Gasteiger charge is 2.25. The van der Waals surface area contributed by atoms with Crippen LogP contribution in [-0.2, 0) is 4.79 Å². The van der Waals surface area contributed by atoms with E-state index in [-0.39, 0.29) is 24.0 Å². The molecule has 0 saturated heterocycles. The summed E-state index contributed by atoms with van der Waals surface area (Å²) < 4.78 is 0. The van der Waals surface area contributed by atoms with Crippen LogP contribution in [0, 0.1) is 5.41 Å². The summed E-state index contributed by atoms with van der Waals surface area (Å²) in [6.45, 7) is 9.12. The fraction of sp³-hybridized carbons (Fsp3) is 0.611. The number of benzene rings is 1. The third-order valence-corrected chi connectivity index (χ3v) is 4.63. The predicted molar refractivity (Wildman–Crippen MR) is 91.9 cm³/mol. The Kier molecular flexibility index (Phi) is 7.56. The molecule has 1 aromatic carbocycles. The van der Waals surface area contributed by atoms with Gasteiger partial charge in [-0.2, -0.15) is 0 Å². The van der Waals surface area contributed by atoms with Gasteiger partial charge in [-0.3, -0.25) is 4.79 Å². The SMILES string of the molecule is CCC(CC)(CCO)CNC(C)c1cccc(NC(C)=O)c1. The molecule has 0 bridgehead atoms. The number of aliphatic hydroxyl groups is 1. The first-order chi connectivity index (χ1) is 10.5. The molecular weight excluding hydrogens is 276 g/mol. The lowest BCUT2D eigenvalue weighted by Crippen LogP contribution is -2.35. The zero-order chi connectivity index (χ0) is 16.6. The Labute approximate surface area is 134 Å². The minimum Gasteiger partial charge on any atom is -0.396 e. The van der Waals surface area contributed by atoms with E-state index in [9.17, 15) is 9.90 Å². The zero-order valence-corrected chi connectivity index (χ0v) is 14.3. The molecule has 0 spiro atoms. The number of aliphatic hydroxyl groups excluding tert-OH is 1. The maximum Gasteiger partial charge on any atom is 0.221 e. The van der Waals surface area contributed by atoms with Gasteiger partial charge in [0, 0.05) is 31.8 Å². The molecule has 0 aliphatic heterocycles. The molecule has 1 amide bonds. The second kappa shape index (κ2) is 8.91. The molecular formula is C18H30N2O2. The summed E-state index contributed by atoms with van der Waals surface area (Å²) in [5.74, 6) is -0.0586. The van der Waals surface area contributed by atoms with E-state index >= 15 is 0 Å². The number of amides is 1. The lowest BCUT2D eigenvalue weighted by atomic mass is 9.79. The summed E-state index contributed by atoms with van der Waals surface area (Å²) in [6, 6.07) is 8.12. The molecule has 1 rings (SSSR count). The Morgan fingerprint density at radius 2 is 2.00 bits per heavy atom. The lowest BCUT2D eigenvalue weighted by molar-refractivity contribution is -0.114. The first kappa shape index (κ1) is 18.7. The minimum absolute atomic E-state index is 0.0586. The van der Waals surface area contributed by atoms with Gasteiger partial charge >= 0.3 is 0 Å². The van der Waals surface area contributed by atoms with Gasteiger partial charge in [-0.15, -0.1) is 0 Å². The van der Waals surface area contributed by atoms with Gasteiger partial charge in [-0.1, -0.05) is 26.0 Å². The van der Waals surface area contributed by atoms with Crippen molar-refractivity contribution in [3.05, 3.63) is 29.8 Å². The number of rotatable bonds is 9.